The maximum absolute atomic E-state index is 13.4. The van der Waals surface area contributed by atoms with Crippen LogP contribution < -0.4 is 15.4 Å². The molecule has 4 rings (SSSR count). The van der Waals surface area contributed by atoms with Crippen LogP contribution in [0.25, 0.3) is 5.69 Å². The molecule has 2 aromatic rings. The van der Waals surface area contributed by atoms with Gasteiger partial charge in [-0.25, -0.2) is 9.48 Å². The van der Waals surface area contributed by atoms with Crippen molar-refractivity contribution in [2.75, 3.05) is 52.5 Å². The summed E-state index contributed by atoms with van der Waals surface area (Å²) >= 11 is 0. The van der Waals surface area contributed by atoms with Gasteiger partial charge in [-0.3, -0.25) is 24.0 Å². The van der Waals surface area contributed by atoms with Gasteiger partial charge in [0.25, 0.3) is 11.8 Å². The number of carboxylic acids is 1. The van der Waals surface area contributed by atoms with Gasteiger partial charge in [-0.2, -0.15) is 18.3 Å². The predicted octanol–water partition coefficient (Wildman–Crippen LogP) is 0.726. The molecule has 0 saturated carbocycles. The van der Waals surface area contributed by atoms with Gasteiger partial charge in [-0.05, 0) is 31.9 Å². The van der Waals surface area contributed by atoms with E-state index in [1.54, 1.807) is 42.6 Å². The average Bonchev–Trinajstić information content (AvgIpc) is 3.74. The predicted molar refractivity (Wildman–Crippen MR) is 163 cm³/mol. The number of nitrogens with one attached hydrogen (secondary N) is 2. The average molecular weight is 712 g/mol. The lowest BCUT2D eigenvalue weighted by atomic mass is 10.1. The topological polar surface area (TPSA) is 202 Å². The summed E-state index contributed by atoms with van der Waals surface area (Å²) in [6.07, 6.45) is -5.73. The summed E-state index contributed by atoms with van der Waals surface area (Å²) in [5.74, 6) is -4.73. The number of benzene rings is 1. The first kappa shape index (κ1) is 37.4. The molecule has 2 fully saturated rings. The molecule has 0 aliphatic carbocycles. The maximum Gasteiger partial charge on any atom is 0.527 e. The minimum atomic E-state index is -4.62. The van der Waals surface area contributed by atoms with Crippen molar-refractivity contribution in [3.05, 3.63) is 42.1 Å². The number of ether oxygens (including phenoxy) is 2. The fourth-order valence-corrected chi connectivity index (χ4v) is 5.27. The second-order valence-electron chi connectivity index (χ2n) is 11.1. The van der Waals surface area contributed by atoms with Crippen molar-refractivity contribution in [2.45, 2.75) is 44.4 Å². The van der Waals surface area contributed by atoms with Gasteiger partial charge in [-0.1, -0.05) is 18.2 Å². The number of carboxylic acid groups (broad SMARTS) is 1. The number of nitrogens with zero attached hydrogens (tertiary/aromatic N) is 5. The second-order valence-corrected chi connectivity index (χ2v) is 11.1. The van der Waals surface area contributed by atoms with E-state index in [0.717, 1.165) is 4.90 Å². The van der Waals surface area contributed by atoms with Crippen LogP contribution in [0, 0.1) is 0 Å². The highest BCUT2D eigenvalue weighted by Gasteiger charge is 2.37. The molecule has 0 spiro atoms. The van der Waals surface area contributed by atoms with E-state index >= 15 is 0 Å². The van der Waals surface area contributed by atoms with Crippen molar-refractivity contribution in [3.63, 3.8) is 0 Å². The highest BCUT2D eigenvalue weighted by molar-refractivity contribution is 5.97. The van der Waals surface area contributed by atoms with Crippen LogP contribution in [0.1, 0.15) is 36.7 Å². The molecule has 1 aromatic heterocycles. The van der Waals surface area contributed by atoms with Crippen LogP contribution in [0.3, 0.4) is 0 Å². The van der Waals surface area contributed by atoms with Gasteiger partial charge in [0.2, 0.25) is 17.7 Å². The first-order chi connectivity index (χ1) is 23.8. The molecule has 20 heteroatoms. The van der Waals surface area contributed by atoms with Gasteiger partial charge >= 0.3 is 18.3 Å². The maximum atomic E-state index is 13.4. The number of carbonyl (C=O) groups is 6. The van der Waals surface area contributed by atoms with E-state index in [4.69, 9.17) is 14.3 Å². The van der Waals surface area contributed by atoms with Crippen LogP contribution in [-0.2, 0) is 28.8 Å². The third-order valence-electron chi connectivity index (χ3n) is 7.59. The fourth-order valence-electron chi connectivity index (χ4n) is 5.27. The van der Waals surface area contributed by atoms with Gasteiger partial charge in [0.05, 0.1) is 31.8 Å². The molecule has 3 heterocycles. The summed E-state index contributed by atoms with van der Waals surface area (Å²) in [5, 5.41) is 19.2. The Balaban J connectivity index is 1.45. The van der Waals surface area contributed by atoms with E-state index in [0.29, 0.717) is 12.1 Å². The minimum absolute atomic E-state index is 0.0563. The molecule has 50 heavy (non-hydrogen) atoms. The molecule has 4 amide bonds. The molecule has 17 nitrogen and oxygen atoms in total. The summed E-state index contributed by atoms with van der Waals surface area (Å²) in [7, 11) is 0. The fraction of sp³-hybridized carbons (Fsp3) is 0.500. The molecule has 1 aromatic carbocycles. The summed E-state index contributed by atoms with van der Waals surface area (Å²) < 4.78 is 49.4. The van der Waals surface area contributed by atoms with Gasteiger partial charge in [0, 0.05) is 25.7 Å². The highest BCUT2D eigenvalue weighted by Crippen LogP contribution is 2.22. The first-order valence-corrected chi connectivity index (χ1v) is 15.6. The number of carbonyl (C=O) groups excluding carboxylic acids is 5. The number of aromatic nitrogens is 2. The molecule has 2 atom stereocenters. The van der Waals surface area contributed by atoms with Crippen LogP contribution in [0.5, 0.6) is 5.88 Å². The third kappa shape index (κ3) is 10.3. The Labute approximate surface area is 283 Å². The zero-order chi connectivity index (χ0) is 36.4. The number of hydroxylamine groups is 2. The van der Waals surface area contributed by atoms with Gasteiger partial charge in [0.15, 0.2) is 12.3 Å². The van der Waals surface area contributed by atoms with E-state index < -0.39 is 73.6 Å². The molecule has 3 N–H and O–H groups in total. The van der Waals surface area contributed by atoms with E-state index in [-0.39, 0.29) is 57.3 Å². The van der Waals surface area contributed by atoms with Crippen LogP contribution in [0.4, 0.5) is 18.0 Å². The summed E-state index contributed by atoms with van der Waals surface area (Å²) in [6, 6.07) is 6.83. The van der Waals surface area contributed by atoms with Crippen LogP contribution in [0.15, 0.2) is 36.4 Å². The number of alkyl halides is 3. The molecule has 0 radical (unpaired) electrons. The number of rotatable bonds is 13. The van der Waals surface area contributed by atoms with Gasteiger partial charge in [-0.15, -0.1) is 5.06 Å². The zero-order valence-electron chi connectivity index (χ0n) is 26.9. The number of para-hydroxylation sites is 1. The van der Waals surface area contributed by atoms with E-state index in [1.165, 1.54) is 20.7 Å². The van der Waals surface area contributed by atoms with E-state index in [2.05, 4.69) is 10.4 Å². The second kappa shape index (κ2) is 16.8. The number of hydrogen-bond acceptors (Lipinski definition) is 11. The molecule has 2 aliphatic heterocycles. The number of aliphatic carboxylic acids is 1. The van der Waals surface area contributed by atoms with E-state index in [9.17, 15) is 47.0 Å². The van der Waals surface area contributed by atoms with Crippen molar-refractivity contribution in [2.24, 2.45) is 0 Å². The molecular weight excluding hydrogens is 675 g/mol. The summed E-state index contributed by atoms with van der Waals surface area (Å²) in [5.41, 5.74) is 0.110. The normalized spacial score (nSPS) is 17.1. The Hall–Kier alpha value is -5.40. The highest BCUT2D eigenvalue weighted by atomic mass is 19.4. The largest absolute Gasteiger partial charge is 0.527 e. The Bertz CT molecular complexity index is 1550. The number of piperazine rings is 1. The molecule has 2 saturated heterocycles. The SMILES string of the molecule is CCOC(=O)ON1CCN(C(=O)[C@H](CC(=O)O)NC(=O)c2cc(OCC(=O)N3CCC[C@H]3C(=O)NCC(F)(F)F)n(-c3ccccc3)n2)CC1. The van der Waals surface area contributed by atoms with Gasteiger partial charge in [0.1, 0.15) is 18.6 Å². The smallest absolute Gasteiger partial charge is 0.481 e. The number of likely N-dealkylation sites (tertiary alicyclic amines) is 1. The van der Waals surface area contributed by atoms with Crippen LogP contribution >= 0.6 is 0 Å². The monoisotopic (exact) mass is 711 g/mol. The van der Waals surface area contributed by atoms with Crippen molar-refractivity contribution in [3.8, 4) is 11.6 Å². The van der Waals surface area contributed by atoms with Gasteiger partial charge < -0.3 is 39.9 Å². The summed E-state index contributed by atoms with van der Waals surface area (Å²) in [6.45, 7) is -0.0341. The third-order valence-corrected chi connectivity index (χ3v) is 7.59. The van der Waals surface area contributed by atoms with Crippen molar-refractivity contribution < 1.29 is 61.4 Å². The standard InChI is InChI=1S/C30H36F3N7O10/c1-2-48-29(47)50-38-13-11-37(12-14-38)28(46)21(16-25(42)43)35-26(44)20-15-24(40(36-20)19-7-4-3-5-8-19)49-17-23(41)39-10-6-9-22(39)27(45)34-18-30(31,32)33/h3-5,7-8,15,21-22H,2,6,9-14,16-18H2,1H3,(H,34,45)(H,35,44)(H,42,43)/t21-,22-/m0/s1. The first-order valence-electron chi connectivity index (χ1n) is 15.6. The molecule has 272 valence electrons. The van der Waals surface area contributed by atoms with Crippen LogP contribution in [-0.4, -0.2) is 136 Å². The lowest BCUT2D eigenvalue weighted by Gasteiger charge is -2.34. The number of amides is 4. The van der Waals surface area contributed by atoms with Crippen molar-refractivity contribution >= 4 is 35.8 Å². The Morgan fingerprint density at radius 3 is 2.38 bits per heavy atom. The molecule has 0 unspecified atom stereocenters. The Morgan fingerprint density at radius 1 is 1.04 bits per heavy atom. The summed E-state index contributed by atoms with van der Waals surface area (Å²) in [4.78, 5) is 82.8. The number of hydrogen-bond donors (Lipinski definition) is 3. The van der Waals surface area contributed by atoms with E-state index in [1.807, 2.05) is 0 Å². The quantitative estimate of drug-likeness (QED) is 0.246. The van der Waals surface area contributed by atoms with Crippen LogP contribution in [0.2, 0.25) is 0 Å². The zero-order valence-corrected chi connectivity index (χ0v) is 26.9. The van der Waals surface area contributed by atoms with Crippen molar-refractivity contribution in [1.29, 1.82) is 0 Å². The minimum Gasteiger partial charge on any atom is -0.481 e. The Morgan fingerprint density at radius 2 is 1.74 bits per heavy atom. The lowest BCUT2D eigenvalue weighted by molar-refractivity contribution is -0.158. The Kier molecular flexibility index (Phi) is 12.6. The lowest BCUT2D eigenvalue weighted by Crippen LogP contribution is -2.55. The molecular formula is C30H36F3N7O10. The van der Waals surface area contributed by atoms with Crippen molar-refractivity contribution in [1.82, 2.24) is 35.3 Å². The molecule has 0 bridgehead atoms. The molecule has 2 aliphatic rings. The number of halogens is 3.